The molecule has 18 heavy (non-hydrogen) atoms. The van der Waals surface area contributed by atoms with E-state index in [1.165, 1.54) is 5.57 Å². The lowest BCUT2D eigenvalue weighted by Gasteiger charge is -2.33. The van der Waals surface area contributed by atoms with Gasteiger partial charge in [0.1, 0.15) is 6.54 Å². The van der Waals surface area contributed by atoms with Crippen molar-refractivity contribution < 1.29 is 9.90 Å². The van der Waals surface area contributed by atoms with Crippen LogP contribution in [0.2, 0.25) is 0 Å². The fraction of sp³-hybridized carbons (Fsp3) is 0.133. The Kier molecular flexibility index (Phi) is 2.52. The van der Waals surface area contributed by atoms with E-state index in [2.05, 4.69) is 12.2 Å². The lowest BCUT2D eigenvalue weighted by Crippen LogP contribution is -2.32. The number of hydrogen-bond acceptors (Lipinski definition) is 2. The fourth-order valence-electron chi connectivity index (χ4n) is 2.44. The predicted octanol–water partition coefficient (Wildman–Crippen LogP) is 2.82. The van der Waals surface area contributed by atoms with Gasteiger partial charge in [-0.15, -0.1) is 0 Å². The van der Waals surface area contributed by atoms with Crippen molar-refractivity contribution in [3.8, 4) is 0 Å². The molecular weight excluding hydrogens is 226 g/mol. The molecule has 3 rings (SSSR count). The first-order chi connectivity index (χ1) is 8.75. The first-order valence-electron chi connectivity index (χ1n) is 5.92. The van der Waals surface area contributed by atoms with Crippen molar-refractivity contribution in [3.63, 3.8) is 0 Å². The Bertz CT molecular complexity index is 596. The van der Waals surface area contributed by atoms with Gasteiger partial charge in [0, 0.05) is 11.4 Å². The average Bonchev–Trinajstić information content (AvgIpc) is 2.38. The van der Waals surface area contributed by atoms with Crippen LogP contribution in [0.15, 0.2) is 53.8 Å². The molecule has 0 fully saturated rings. The molecule has 90 valence electrons. The van der Waals surface area contributed by atoms with E-state index in [9.17, 15) is 4.79 Å². The van der Waals surface area contributed by atoms with Crippen LogP contribution in [0, 0.1) is 0 Å². The van der Waals surface area contributed by atoms with Gasteiger partial charge >= 0.3 is 5.97 Å². The number of rotatable bonds is 2. The number of carboxylic acid groups (broad SMARTS) is 1. The van der Waals surface area contributed by atoms with Crippen LogP contribution in [0.1, 0.15) is 12.0 Å². The number of aliphatic carboxylic acids is 1. The minimum absolute atomic E-state index is 0.00593. The summed E-state index contributed by atoms with van der Waals surface area (Å²) in [4.78, 5) is 12.9. The number of fused-ring (bicyclic) bond motifs is 2. The summed E-state index contributed by atoms with van der Waals surface area (Å²) < 4.78 is 0. The molecule has 1 aromatic rings. The van der Waals surface area contributed by atoms with Crippen LogP contribution in [-0.4, -0.2) is 17.6 Å². The van der Waals surface area contributed by atoms with E-state index >= 15 is 0 Å². The molecule has 1 N–H and O–H groups in total. The Labute approximate surface area is 105 Å². The summed E-state index contributed by atoms with van der Waals surface area (Å²) in [7, 11) is 0. The topological polar surface area (TPSA) is 40.5 Å². The minimum atomic E-state index is -0.818. The largest absolute Gasteiger partial charge is 0.480 e. The van der Waals surface area contributed by atoms with Gasteiger partial charge in [-0.3, -0.25) is 4.79 Å². The molecule has 0 atom stereocenters. The van der Waals surface area contributed by atoms with Crippen LogP contribution in [0.25, 0.3) is 6.08 Å². The number of para-hydroxylation sites is 1. The van der Waals surface area contributed by atoms with Gasteiger partial charge in [0.2, 0.25) is 0 Å². The number of carbonyl (C=O) groups is 1. The van der Waals surface area contributed by atoms with Crippen LogP contribution in [0.4, 0.5) is 5.69 Å². The van der Waals surface area contributed by atoms with Crippen molar-refractivity contribution in [1.82, 2.24) is 0 Å². The zero-order valence-corrected chi connectivity index (χ0v) is 9.84. The molecule has 1 aliphatic carbocycles. The standard InChI is InChI=1S/C15H13NO2/c17-15(18)10-16-13-7-3-1-5-11(13)9-12-6-2-4-8-14(12)16/h1-5,7-9H,6,10H2,(H,17,18). The Morgan fingerprint density at radius 2 is 2.17 bits per heavy atom. The van der Waals surface area contributed by atoms with Gasteiger partial charge in [-0.05, 0) is 35.8 Å². The molecule has 0 unspecified atom stereocenters. The van der Waals surface area contributed by atoms with E-state index in [1.807, 2.05) is 41.3 Å². The molecule has 0 saturated carbocycles. The van der Waals surface area contributed by atoms with Crippen molar-refractivity contribution in [2.45, 2.75) is 6.42 Å². The average molecular weight is 239 g/mol. The molecule has 3 heteroatoms. The van der Waals surface area contributed by atoms with E-state index in [-0.39, 0.29) is 6.54 Å². The number of benzene rings is 1. The summed E-state index contributed by atoms with van der Waals surface area (Å²) >= 11 is 0. The van der Waals surface area contributed by atoms with E-state index in [4.69, 9.17) is 5.11 Å². The number of carboxylic acids is 1. The second-order valence-electron chi connectivity index (χ2n) is 4.39. The van der Waals surface area contributed by atoms with E-state index < -0.39 is 5.97 Å². The van der Waals surface area contributed by atoms with Gasteiger partial charge < -0.3 is 10.0 Å². The Hall–Kier alpha value is -2.29. The zero-order valence-electron chi connectivity index (χ0n) is 9.84. The maximum atomic E-state index is 11.0. The van der Waals surface area contributed by atoms with Crippen molar-refractivity contribution in [2.75, 3.05) is 11.4 Å². The third-order valence-electron chi connectivity index (χ3n) is 3.20. The molecule has 0 bridgehead atoms. The fourth-order valence-corrected chi connectivity index (χ4v) is 2.44. The SMILES string of the molecule is O=C(O)CN1C2=CC=CCC2=Cc2ccccc21. The molecule has 0 amide bonds. The molecule has 3 nitrogen and oxygen atoms in total. The Morgan fingerprint density at radius 1 is 1.33 bits per heavy atom. The summed E-state index contributed by atoms with van der Waals surface area (Å²) in [5, 5.41) is 9.08. The Balaban J connectivity index is 2.14. The maximum absolute atomic E-state index is 11.0. The second kappa shape index (κ2) is 4.18. The van der Waals surface area contributed by atoms with Crippen molar-refractivity contribution in [2.24, 2.45) is 0 Å². The highest BCUT2D eigenvalue weighted by molar-refractivity contribution is 5.85. The highest BCUT2D eigenvalue weighted by atomic mass is 16.4. The van der Waals surface area contributed by atoms with Gasteiger partial charge in [-0.25, -0.2) is 0 Å². The van der Waals surface area contributed by atoms with Crippen molar-refractivity contribution >= 4 is 17.7 Å². The molecule has 0 spiro atoms. The number of anilines is 1. The summed E-state index contributed by atoms with van der Waals surface area (Å²) in [6.07, 6.45) is 9.05. The smallest absolute Gasteiger partial charge is 0.323 e. The highest BCUT2D eigenvalue weighted by Gasteiger charge is 2.24. The molecule has 2 aliphatic rings. The predicted molar refractivity (Wildman–Crippen MR) is 71.2 cm³/mol. The Morgan fingerprint density at radius 3 is 3.00 bits per heavy atom. The third-order valence-corrected chi connectivity index (χ3v) is 3.20. The monoisotopic (exact) mass is 239 g/mol. The summed E-state index contributed by atoms with van der Waals surface area (Å²) in [5.41, 5.74) is 4.22. The summed E-state index contributed by atoms with van der Waals surface area (Å²) in [5.74, 6) is -0.818. The molecule has 1 heterocycles. The highest BCUT2D eigenvalue weighted by Crippen LogP contribution is 2.37. The van der Waals surface area contributed by atoms with Gasteiger partial charge in [0.15, 0.2) is 0 Å². The first kappa shape index (κ1) is 10.8. The zero-order chi connectivity index (χ0) is 12.5. The van der Waals surface area contributed by atoms with Gasteiger partial charge in [-0.1, -0.05) is 30.4 Å². The van der Waals surface area contributed by atoms with Gasteiger partial charge in [0.25, 0.3) is 0 Å². The molecular formula is C15H13NO2. The first-order valence-corrected chi connectivity index (χ1v) is 5.92. The van der Waals surface area contributed by atoms with Crippen LogP contribution in [0.5, 0.6) is 0 Å². The molecule has 1 aliphatic heterocycles. The van der Waals surface area contributed by atoms with Crippen LogP contribution >= 0.6 is 0 Å². The van der Waals surface area contributed by atoms with Gasteiger partial charge in [-0.2, -0.15) is 0 Å². The van der Waals surface area contributed by atoms with E-state index in [1.54, 1.807) is 0 Å². The normalized spacial score (nSPS) is 16.6. The third kappa shape index (κ3) is 1.74. The second-order valence-corrected chi connectivity index (χ2v) is 4.39. The van der Waals surface area contributed by atoms with Crippen LogP contribution < -0.4 is 4.90 Å². The van der Waals surface area contributed by atoms with Crippen molar-refractivity contribution in [3.05, 3.63) is 59.3 Å². The molecule has 0 radical (unpaired) electrons. The number of allylic oxidation sites excluding steroid dienone is 4. The molecule has 0 aromatic heterocycles. The van der Waals surface area contributed by atoms with E-state index in [0.29, 0.717) is 0 Å². The van der Waals surface area contributed by atoms with Crippen molar-refractivity contribution in [1.29, 1.82) is 0 Å². The number of hydrogen-bond donors (Lipinski definition) is 1. The maximum Gasteiger partial charge on any atom is 0.323 e. The van der Waals surface area contributed by atoms with Crippen LogP contribution in [0.3, 0.4) is 0 Å². The van der Waals surface area contributed by atoms with E-state index in [0.717, 1.165) is 23.4 Å². The summed E-state index contributed by atoms with van der Waals surface area (Å²) in [6.45, 7) is -0.00593. The van der Waals surface area contributed by atoms with Crippen LogP contribution in [-0.2, 0) is 4.79 Å². The lowest BCUT2D eigenvalue weighted by molar-refractivity contribution is -0.135. The number of nitrogens with zero attached hydrogens (tertiary/aromatic N) is 1. The summed E-state index contributed by atoms with van der Waals surface area (Å²) in [6, 6.07) is 7.89. The lowest BCUT2D eigenvalue weighted by atomic mass is 9.94. The minimum Gasteiger partial charge on any atom is -0.480 e. The molecule has 0 saturated heterocycles. The van der Waals surface area contributed by atoms with Gasteiger partial charge in [0.05, 0.1) is 0 Å². The molecule has 1 aromatic carbocycles. The quantitative estimate of drug-likeness (QED) is 0.862.